The summed E-state index contributed by atoms with van der Waals surface area (Å²) in [6.07, 6.45) is 0. The van der Waals surface area contributed by atoms with Gasteiger partial charge in [0.2, 0.25) is 0 Å². The molecule has 0 aliphatic rings. The third-order valence-electron chi connectivity index (χ3n) is 2.62. The van der Waals surface area contributed by atoms with Crippen LogP contribution in [0.4, 0.5) is 10.1 Å². The first-order chi connectivity index (χ1) is 9.86. The molecule has 108 valence electrons. The third-order valence-corrected chi connectivity index (χ3v) is 2.62. The number of phenols is 2. The van der Waals surface area contributed by atoms with Gasteiger partial charge in [0.05, 0.1) is 11.3 Å². The van der Waals surface area contributed by atoms with Gasteiger partial charge in [-0.25, -0.2) is 9.18 Å². The number of carbonyl (C=O) groups is 2. The van der Waals surface area contributed by atoms with Crippen molar-refractivity contribution >= 4 is 17.6 Å². The summed E-state index contributed by atoms with van der Waals surface area (Å²) in [4.78, 5) is 23.0. The number of rotatable bonds is 3. The summed E-state index contributed by atoms with van der Waals surface area (Å²) >= 11 is 0. The van der Waals surface area contributed by atoms with Gasteiger partial charge in [0.1, 0.15) is 17.3 Å². The topological polar surface area (TPSA) is 107 Å². The average molecular weight is 291 g/mol. The second kappa shape index (κ2) is 5.49. The highest BCUT2D eigenvalue weighted by atomic mass is 19.1. The number of nitrogens with one attached hydrogen (secondary N) is 1. The number of halogens is 1. The van der Waals surface area contributed by atoms with E-state index in [4.69, 9.17) is 5.11 Å². The highest BCUT2D eigenvalue weighted by Crippen LogP contribution is 2.22. The zero-order chi connectivity index (χ0) is 15.6. The van der Waals surface area contributed by atoms with Gasteiger partial charge in [0.25, 0.3) is 5.91 Å². The molecule has 6 nitrogen and oxygen atoms in total. The minimum atomic E-state index is -1.40. The Balaban J connectivity index is 2.33. The van der Waals surface area contributed by atoms with Gasteiger partial charge in [-0.15, -0.1) is 0 Å². The van der Waals surface area contributed by atoms with Gasteiger partial charge in [0, 0.05) is 11.6 Å². The van der Waals surface area contributed by atoms with Crippen LogP contribution in [-0.2, 0) is 0 Å². The number of hydrogen-bond donors (Lipinski definition) is 4. The van der Waals surface area contributed by atoms with Gasteiger partial charge >= 0.3 is 5.97 Å². The quantitative estimate of drug-likeness (QED) is 0.693. The molecule has 0 spiro atoms. The van der Waals surface area contributed by atoms with Crippen molar-refractivity contribution in [2.45, 2.75) is 0 Å². The van der Waals surface area contributed by atoms with Crippen LogP contribution in [0.3, 0.4) is 0 Å². The first-order valence-corrected chi connectivity index (χ1v) is 5.74. The Morgan fingerprint density at radius 3 is 2.19 bits per heavy atom. The summed E-state index contributed by atoms with van der Waals surface area (Å²) in [5, 5.41) is 29.9. The van der Waals surface area contributed by atoms with Gasteiger partial charge in [-0.2, -0.15) is 0 Å². The number of benzene rings is 2. The molecule has 0 fully saturated rings. The van der Waals surface area contributed by atoms with E-state index < -0.39 is 23.3 Å². The van der Waals surface area contributed by atoms with Crippen molar-refractivity contribution in [3.8, 4) is 11.5 Å². The highest BCUT2D eigenvalue weighted by molar-refractivity contribution is 6.08. The lowest BCUT2D eigenvalue weighted by Crippen LogP contribution is -2.15. The average Bonchev–Trinajstić information content (AvgIpc) is 2.39. The molecular weight excluding hydrogens is 281 g/mol. The van der Waals surface area contributed by atoms with E-state index in [0.717, 1.165) is 36.4 Å². The molecule has 0 unspecified atom stereocenters. The molecule has 4 N–H and O–H groups in total. The normalized spacial score (nSPS) is 10.1. The van der Waals surface area contributed by atoms with E-state index in [1.807, 2.05) is 0 Å². The predicted molar refractivity (Wildman–Crippen MR) is 71.1 cm³/mol. The van der Waals surface area contributed by atoms with Crippen LogP contribution in [0.1, 0.15) is 20.7 Å². The molecule has 2 rings (SSSR count). The summed E-state index contributed by atoms with van der Waals surface area (Å²) in [7, 11) is 0. The fraction of sp³-hybridized carbons (Fsp3) is 0. The van der Waals surface area contributed by atoms with Crippen LogP contribution < -0.4 is 5.32 Å². The monoisotopic (exact) mass is 291 g/mol. The van der Waals surface area contributed by atoms with Crippen molar-refractivity contribution in [1.82, 2.24) is 0 Å². The number of anilines is 1. The fourth-order valence-corrected chi connectivity index (χ4v) is 1.72. The zero-order valence-corrected chi connectivity index (χ0v) is 10.5. The maximum Gasteiger partial charge on any atom is 0.337 e. The van der Waals surface area contributed by atoms with Crippen LogP contribution >= 0.6 is 0 Å². The first-order valence-electron chi connectivity index (χ1n) is 5.74. The molecule has 0 radical (unpaired) electrons. The van der Waals surface area contributed by atoms with Crippen molar-refractivity contribution in [3.63, 3.8) is 0 Å². The van der Waals surface area contributed by atoms with Gasteiger partial charge in [0.15, 0.2) is 0 Å². The molecule has 0 saturated carbocycles. The Morgan fingerprint density at radius 2 is 1.62 bits per heavy atom. The van der Waals surface area contributed by atoms with Crippen molar-refractivity contribution < 1.29 is 29.3 Å². The molecular formula is C14H10FNO5. The molecule has 0 aromatic heterocycles. The molecule has 7 heteroatoms. The Bertz CT molecular complexity index is 709. The lowest BCUT2D eigenvalue weighted by molar-refractivity contribution is 0.0697. The molecule has 21 heavy (non-hydrogen) atoms. The molecule has 0 aliphatic carbocycles. The van der Waals surface area contributed by atoms with Gasteiger partial charge in [-0.1, -0.05) is 0 Å². The number of aromatic carboxylic acids is 1. The van der Waals surface area contributed by atoms with Crippen molar-refractivity contribution in [2.24, 2.45) is 0 Å². The third kappa shape index (κ3) is 3.27. The number of phenolic OH excluding ortho intramolecular Hbond substituents is 2. The largest absolute Gasteiger partial charge is 0.508 e. The minimum Gasteiger partial charge on any atom is -0.508 e. The van der Waals surface area contributed by atoms with E-state index >= 15 is 0 Å². The zero-order valence-electron chi connectivity index (χ0n) is 10.5. The highest BCUT2D eigenvalue weighted by Gasteiger charge is 2.15. The summed E-state index contributed by atoms with van der Waals surface area (Å²) in [6, 6.07) is 6.12. The van der Waals surface area contributed by atoms with Crippen LogP contribution in [0.2, 0.25) is 0 Å². The number of amides is 1. The standard InChI is InChI=1S/C14H10FNO5/c15-8-1-2-12(11(5-8)14(20)21)16-13(19)7-3-9(17)6-10(18)4-7/h1-6,17-18H,(H,16,19)(H,20,21). The molecule has 0 heterocycles. The van der Waals surface area contributed by atoms with Gasteiger partial charge < -0.3 is 20.6 Å². The minimum absolute atomic E-state index is 0.0758. The lowest BCUT2D eigenvalue weighted by atomic mass is 10.1. The van der Waals surface area contributed by atoms with Crippen LogP contribution in [0.25, 0.3) is 0 Å². The van der Waals surface area contributed by atoms with Gasteiger partial charge in [-0.3, -0.25) is 4.79 Å². The second-order valence-electron chi connectivity index (χ2n) is 4.19. The van der Waals surface area contributed by atoms with E-state index in [2.05, 4.69) is 5.32 Å². The lowest BCUT2D eigenvalue weighted by Gasteiger charge is -2.09. The van der Waals surface area contributed by atoms with E-state index in [1.165, 1.54) is 0 Å². The number of hydrogen-bond acceptors (Lipinski definition) is 4. The van der Waals surface area contributed by atoms with Crippen LogP contribution in [0.15, 0.2) is 36.4 Å². The molecule has 0 aliphatic heterocycles. The Kier molecular flexibility index (Phi) is 3.75. The molecule has 0 bridgehead atoms. The van der Waals surface area contributed by atoms with Crippen molar-refractivity contribution in [2.75, 3.05) is 5.32 Å². The fourth-order valence-electron chi connectivity index (χ4n) is 1.72. The molecule has 2 aromatic carbocycles. The maximum atomic E-state index is 13.0. The first kappa shape index (κ1) is 14.3. The number of carboxylic acids is 1. The van der Waals surface area contributed by atoms with E-state index in [-0.39, 0.29) is 22.7 Å². The molecule has 0 atom stereocenters. The Labute approximate surface area is 118 Å². The van der Waals surface area contributed by atoms with E-state index in [1.54, 1.807) is 0 Å². The van der Waals surface area contributed by atoms with Crippen LogP contribution in [-0.4, -0.2) is 27.2 Å². The molecule has 2 aromatic rings. The summed E-state index contributed by atoms with van der Waals surface area (Å²) in [6.45, 7) is 0. The van der Waals surface area contributed by atoms with E-state index in [9.17, 15) is 24.2 Å². The Morgan fingerprint density at radius 1 is 1.00 bits per heavy atom. The maximum absolute atomic E-state index is 13.0. The molecule has 1 amide bonds. The van der Waals surface area contributed by atoms with Crippen LogP contribution in [0, 0.1) is 5.82 Å². The van der Waals surface area contributed by atoms with Crippen molar-refractivity contribution in [1.29, 1.82) is 0 Å². The van der Waals surface area contributed by atoms with Crippen LogP contribution in [0.5, 0.6) is 11.5 Å². The van der Waals surface area contributed by atoms with Gasteiger partial charge in [-0.05, 0) is 30.3 Å². The predicted octanol–water partition coefficient (Wildman–Crippen LogP) is 2.19. The van der Waals surface area contributed by atoms with E-state index in [0.29, 0.717) is 0 Å². The second-order valence-corrected chi connectivity index (χ2v) is 4.19. The Hall–Kier alpha value is -3.09. The summed E-state index contributed by atoms with van der Waals surface area (Å²) < 4.78 is 13.0. The summed E-state index contributed by atoms with van der Waals surface area (Å²) in [5.74, 6) is -3.55. The number of aromatic hydroxyl groups is 2. The molecule has 0 saturated heterocycles. The summed E-state index contributed by atoms with van der Waals surface area (Å²) in [5.41, 5.74) is -0.586. The van der Waals surface area contributed by atoms with Crippen molar-refractivity contribution in [3.05, 3.63) is 53.3 Å². The number of carboxylic acid groups (broad SMARTS) is 1. The smallest absolute Gasteiger partial charge is 0.337 e. The number of carbonyl (C=O) groups excluding carboxylic acids is 1. The SMILES string of the molecule is O=C(Nc1ccc(F)cc1C(=O)O)c1cc(O)cc(O)c1.